The van der Waals surface area contributed by atoms with E-state index in [1.54, 1.807) is 26.1 Å². The molecule has 2 heterocycles. The van der Waals surface area contributed by atoms with E-state index in [-0.39, 0.29) is 18.5 Å². The van der Waals surface area contributed by atoms with Crippen LogP contribution in [0.1, 0.15) is 30.6 Å². The minimum absolute atomic E-state index is 0.0104. The van der Waals surface area contributed by atoms with Gasteiger partial charge in [0.25, 0.3) is 0 Å². The minimum atomic E-state index is -0.0104. The second-order valence-corrected chi connectivity index (χ2v) is 7.51. The summed E-state index contributed by atoms with van der Waals surface area (Å²) in [7, 11) is 5.13. The fourth-order valence-corrected chi connectivity index (χ4v) is 3.19. The Labute approximate surface area is 177 Å². The highest BCUT2D eigenvalue weighted by Gasteiger charge is 2.22. The predicted molar refractivity (Wildman–Crippen MR) is 115 cm³/mol. The number of rotatable bonds is 7. The molecule has 0 spiro atoms. The van der Waals surface area contributed by atoms with E-state index in [0.717, 1.165) is 48.8 Å². The Morgan fingerprint density at radius 3 is 2.77 bits per heavy atom. The number of methoxy groups -OCH3 is 1. The van der Waals surface area contributed by atoms with Crippen molar-refractivity contribution in [2.24, 2.45) is 4.99 Å². The molecule has 9 heteroatoms. The number of amides is 1. The number of guanidine groups is 1. The number of ether oxygens (including phenoxy) is 1. The van der Waals surface area contributed by atoms with Gasteiger partial charge in [-0.25, -0.2) is 14.7 Å². The van der Waals surface area contributed by atoms with E-state index in [1.807, 2.05) is 28.9 Å². The molecule has 1 aromatic carbocycles. The van der Waals surface area contributed by atoms with E-state index in [4.69, 9.17) is 4.74 Å². The van der Waals surface area contributed by atoms with Crippen molar-refractivity contribution in [1.29, 1.82) is 0 Å². The van der Waals surface area contributed by atoms with Crippen LogP contribution in [0.5, 0.6) is 5.75 Å². The van der Waals surface area contributed by atoms with Crippen molar-refractivity contribution < 1.29 is 9.53 Å². The number of aryl methyl sites for hydroxylation is 2. The number of nitrogens with zero attached hydrogens (tertiary/aromatic N) is 5. The van der Waals surface area contributed by atoms with Crippen LogP contribution in [0.2, 0.25) is 0 Å². The second-order valence-electron chi connectivity index (χ2n) is 7.51. The SMILES string of the molecule is CCc1nc2n(n1)CC(NC(=NCc1ccc(OC)cc1)NCC(=O)N(C)C)CC2. The van der Waals surface area contributed by atoms with Crippen molar-refractivity contribution in [3.05, 3.63) is 41.5 Å². The number of aliphatic imine (C=N–C) groups is 1. The Kier molecular flexibility index (Phi) is 7.26. The average molecular weight is 414 g/mol. The Morgan fingerprint density at radius 1 is 1.33 bits per heavy atom. The summed E-state index contributed by atoms with van der Waals surface area (Å²) in [6.45, 7) is 3.47. The van der Waals surface area contributed by atoms with Crippen molar-refractivity contribution in [2.45, 2.75) is 45.3 Å². The topological polar surface area (TPSA) is 96.7 Å². The first-order valence-electron chi connectivity index (χ1n) is 10.3. The smallest absolute Gasteiger partial charge is 0.241 e. The molecule has 0 saturated carbocycles. The first-order valence-corrected chi connectivity index (χ1v) is 10.3. The Bertz CT molecular complexity index is 874. The van der Waals surface area contributed by atoms with Gasteiger partial charge in [-0.05, 0) is 24.1 Å². The van der Waals surface area contributed by atoms with Gasteiger partial charge >= 0.3 is 0 Å². The summed E-state index contributed by atoms with van der Waals surface area (Å²) in [5.41, 5.74) is 1.06. The maximum atomic E-state index is 12.0. The summed E-state index contributed by atoms with van der Waals surface area (Å²) in [5, 5.41) is 11.2. The van der Waals surface area contributed by atoms with Gasteiger partial charge in [-0.2, -0.15) is 5.10 Å². The molecule has 0 saturated heterocycles. The van der Waals surface area contributed by atoms with Crippen molar-refractivity contribution in [2.75, 3.05) is 27.7 Å². The summed E-state index contributed by atoms with van der Waals surface area (Å²) < 4.78 is 7.18. The molecule has 1 unspecified atom stereocenters. The first-order chi connectivity index (χ1) is 14.5. The van der Waals surface area contributed by atoms with Crippen molar-refractivity contribution >= 4 is 11.9 Å². The minimum Gasteiger partial charge on any atom is -0.497 e. The highest BCUT2D eigenvalue weighted by molar-refractivity contribution is 5.86. The lowest BCUT2D eigenvalue weighted by atomic mass is 10.1. The zero-order valence-electron chi connectivity index (χ0n) is 18.2. The monoisotopic (exact) mass is 413 g/mol. The van der Waals surface area contributed by atoms with Crippen LogP contribution in [-0.2, 0) is 30.7 Å². The van der Waals surface area contributed by atoms with Gasteiger partial charge in [0.15, 0.2) is 11.8 Å². The maximum Gasteiger partial charge on any atom is 0.241 e. The largest absolute Gasteiger partial charge is 0.497 e. The molecule has 1 aromatic heterocycles. The third kappa shape index (κ3) is 5.71. The zero-order chi connectivity index (χ0) is 21.5. The summed E-state index contributed by atoms with van der Waals surface area (Å²) in [5.74, 6) is 3.34. The Morgan fingerprint density at radius 2 is 2.10 bits per heavy atom. The van der Waals surface area contributed by atoms with Crippen molar-refractivity contribution in [1.82, 2.24) is 30.3 Å². The summed E-state index contributed by atoms with van der Waals surface area (Å²) >= 11 is 0. The lowest BCUT2D eigenvalue weighted by Gasteiger charge is -2.25. The van der Waals surface area contributed by atoms with Crippen LogP contribution in [0.25, 0.3) is 0 Å². The molecule has 1 atom stereocenters. The van der Waals surface area contributed by atoms with Gasteiger partial charge in [0.1, 0.15) is 11.6 Å². The van der Waals surface area contributed by atoms with Gasteiger partial charge < -0.3 is 20.3 Å². The van der Waals surface area contributed by atoms with E-state index in [2.05, 4.69) is 32.6 Å². The molecule has 1 aliphatic rings. The number of fused-ring (bicyclic) bond motifs is 1. The van der Waals surface area contributed by atoms with Gasteiger partial charge in [-0.15, -0.1) is 0 Å². The molecule has 30 heavy (non-hydrogen) atoms. The van der Waals surface area contributed by atoms with Crippen LogP contribution in [0.3, 0.4) is 0 Å². The fraction of sp³-hybridized carbons (Fsp3) is 0.524. The highest BCUT2D eigenvalue weighted by Crippen LogP contribution is 2.14. The number of carbonyl (C=O) groups excluding carboxylic acids is 1. The van der Waals surface area contributed by atoms with E-state index in [1.165, 1.54) is 0 Å². The maximum absolute atomic E-state index is 12.0. The summed E-state index contributed by atoms with van der Waals surface area (Å²) in [6.07, 6.45) is 2.64. The second kappa shape index (κ2) is 10.1. The molecule has 0 bridgehead atoms. The lowest BCUT2D eigenvalue weighted by Crippen LogP contribution is -2.49. The molecular formula is C21H31N7O2. The van der Waals surface area contributed by atoms with Crippen LogP contribution in [-0.4, -0.2) is 65.3 Å². The van der Waals surface area contributed by atoms with Crippen LogP contribution in [0.4, 0.5) is 0 Å². The van der Waals surface area contributed by atoms with Gasteiger partial charge in [0, 0.05) is 33.0 Å². The van der Waals surface area contributed by atoms with Gasteiger partial charge in [-0.1, -0.05) is 19.1 Å². The molecule has 0 aliphatic carbocycles. The number of benzene rings is 1. The molecular weight excluding hydrogens is 382 g/mol. The Hall–Kier alpha value is -3.10. The first kappa shape index (κ1) is 21.6. The number of carbonyl (C=O) groups is 1. The van der Waals surface area contributed by atoms with Crippen LogP contribution in [0, 0.1) is 0 Å². The normalized spacial score (nSPS) is 16.0. The number of hydrogen-bond donors (Lipinski definition) is 2. The average Bonchev–Trinajstić information content (AvgIpc) is 3.18. The third-order valence-electron chi connectivity index (χ3n) is 5.04. The number of hydrogen-bond acceptors (Lipinski definition) is 5. The van der Waals surface area contributed by atoms with E-state index >= 15 is 0 Å². The molecule has 3 rings (SSSR count). The summed E-state index contributed by atoms with van der Waals surface area (Å²) in [4.78, 5) is 22.8. The van der Waals surface area contributed by atoms with E-state index in [9.17, 15) is 4.79 Å². The van der Waals surface area contributed by atoms with Crippen LogP contribution in [0.15, 0.2) is 29.3 Å². The Balaban J connectivity index is 1.67. The zero-order valence-corrected chi connectivity index (χ0v) is 18.2. The van der Waals surface area contributed by atoms with Crippen molar-refractivity contribution in [3.63, 3.8) is 0 Å². The molecule has 1 amide bonds. The number of aromatic nitrogens is 3. The summed E-state index contributed by atoms with van der Waals surface area (Å²) in [6, 6.07) is 7.97. The van der Waals surface area contributed by atoms with Gasteiger partial charge in [-0.3, -0.25) is 4.79 Å². The van der Waals surface area contributed by atoms with E-state index in [0.29, 0.717) is 12.5 Å². The van der Waals surface area contributed by atoms with Crippen molar-refractivity contribution in [3.8, 4) is 5.75 Å². The van der Waals surface area contributed by atoms with Crippen LogP contribution >= 0.6 is 0 Å². The fourth-order valence-electron chi connectivity index (χ4n) is 3.19. The van der Waals surface area contributed by atoms with Gasteiger partial charge in [0.2, 0.25) is 5.91 Å². The molecule has 2 aromatic rings. The quantitative estimate of drug-likeness (QED) is 0.519. The highest BCUT2D eigenvalue weighted by atomic mass is 16.5. The molecule has 0 fully saturated rings. The standard InChI is InChI=1S/C21H31N7O2/c1-5-18-25-19-11-8-16(14-28(19)26-18)24-21(23-13-20(29)27(2)3)22-12-15-6-9-17(30-4)10-7-15/h6-7,9-10,16H,5,8,11-14H2,1-4H3,(H2,22,23,24). The molecule has 162 valence electrons. The van der Waals surface area contributed by atoms with E-state index < -0.39 is 0 Å². The molecule has 0 radical (unpaired) electrons. The van der Waals surface area contributed by atoms with Crippen LogP contribution < -0.4 is 15.4 Å². The lowest BCUT2D eigenvalue weighted by molar-refractivity contribution is -0.127. The van der Waals surface area contributed by atoms with Gasteiger partial charge in [0.05, 0.1) is 26.7 Å². The number of likely N-dealkylation sites (N-methyl/N-ethyl adjacent to an activating group) is 1. The third-order valence-corrected chi connectivity index (χ3v) is 5.04. The predicted octanol–water partition coefficient (Wildman–Crippen LogP) is 0.988. The molecule has 1 aliphatic heterocycles. The molecule has 9 nitrogen and oxygen atoms in total. The number of nitrogens with one attached hydrogen (secondary N) is 2. The molecule has 2 N–H and O–H groups in total.